The lowest BCUT2D eigenvalue weighted by Crippen LogP contribution is -2.57. The molecular weight excluding hydrogens is 234 g/mol. The molecule has 102 valence electrons. The van der Waals surface area contributed by atoms with Crippen molar-refractivity contribution in [3.63, 3.8) is 0 Å². The molecule has 1 amide bonds. The minimum Gasteiger partial charge on any atom is -0.481 e. The first kappa shape index (κ1) is 13.3. The highest BCUT2D eigenvalue weighted by molar-refractivity contribution is 5.85. The molecular formula is C13H21NO4. The zero-order valence-electron chi connectivity index (χ0n) is 11.0. The average Bonchev–Trinajstić information content (AvgIpc) is 2.76. The van der Waals surface area contributed by atoms with E-state index in [1.807, 2.05) is 18.7 Å². The van der Waals surface area contributed by atoms with Crippen LogP contribution < -0.4 is 0 Å². The van der Waals surface area contributed by atoms with Gasteiger partial charge in [0.1, 0.15) is 0 Å². The Morgan fingerprint density at radius 1 is 1.28 bits per heavy atom. The van der Waals surface area contributed by atoms with Crippen molar-refractivity contribution in [1.82, 2.24) is 4.90 Å². The van der Waals surface area contributed by atoms with Crippen molar-refractivity contribution >= 4 is 11.9 Å². The molecule has 1 saturated carbocycles. The first-order valence-electron chi connectivity index (χ1n) is 6.55. The Kier molecular flexibility index (Phi) is 3.61. The van der Waals surface area contributed by atoms with Crippen molar-refractivity contribution in [2.45, 2.75) is 38.6 Å². The number of morpholine rings is 1. The van der Waals surface area contributed by atoms with Gasteiger partial charge in [0, 0.05) is 6.54 Å². The van der Waals surface area contributed by atoms with Gasteiger partial charge in [-0.1, -0.05) is 6.42 Å². The number of nitrogens with zero attached hydrogens (tertiary/aromatic N) is 1. The maximum absolute atomic E-state index is 12.5. The van der Waals surface area contributed by atoms with Crippen molar-refractivity contribution in [2.24, 2.45) is 11.8 Å². The van der Waals surface area contributed by atoms with E-state index in [1.165, 1.54) is 0 Å². The van der Waals surface area contributed by atoms with Gasteiger partial charge in [0.05, 0.1) is 30.6 Å². The van der Waals surface area contributed by atoms with Gasteiger partial charge in [-0.2, -0.15) is 0 Å². The molecule has 0 aromatic heterocycles. The summed E-state index contributed by atoms with van der Waals surface area (Å²) >= 11 is 0. The summed E-state index contributed by atoms with van der Waals surface area (Å²) in [6, 6.07) is 0. The summed E-state index contributed by atoms with van der Waals surface area (Å²) in [7, 11) is 0. The third-order valence-electron chi connectivity index (χ3n) is 4.06. The van der Waals surface area contributed by atoms with E-state index in [-0.39, 0.29) is 17.4 Å². The normalized spacial score (nSPS) is 31.3. The molecule has 0 aromatic rings. The minimum atomic E-state index is -0.836. The van der Waals surface area contributed by atoms with Gasteiger partial charge >= 0.3 is 5.97 Å². The van der Waals surface area contributed by atoms with Crippen LogP contribution >= 0.6 is 0 Å². The number of carbonyl (C=O) groups excluding carboxylic acids is 1. The van der Waals surface area contributed by atoms with E-state index >= 15 is 0 Å². The zero-order valence-corrected chi connectivity index (χ0v) is 11.0. The third kappa shape index (κ3) is 2.36. The van der Waals surface area contributed by atoms with E-state index < -0.39 is 11.9 Å². The molecule has 1 aliphatic heterocycles. The van der Waals surface area contributed by atoms with E-state index in [0.717, 1.165) is 6.42 Å². The van der Waals surface area contributed by atoms with Crippen LogP contribution in [0.5, 0.6) is 0 Å². The van der Waals surface area contributed by atoms with Crippen LogP contribution in [-0.4, -0.2) is 47.2 Å². The van der Waals surface area contributed by atoms with E-state index in [9.17, 15) is 9.59 Å². The van der Waals surface area contributed by atoms with Gasteiger partial charge in [-0.3, -0.25) is 9.59 Å². The number of carbonyl (C=O) groups is 2. The first-order chi connectivity index (χ1) is 8.43. The second-order valence-electron chi connectivity index (χ2n) is 5.84. The van der Waals surface area contributed by atoms with Crippen LogP contribution in [0.1, 0.15) is 33.1 Å². The Labute approximate surface area is 107 Å². The monoisotopic (exact) mass is 255 g/mol. The van der Waals surface area contributed by atoms with E-state index in [0.29, 0.717) is 32.6 Å². The Bertz CT molecular complexity index is 353. The minimum absolute atomic E-state index is 0.00630. The van der Waals surface area contributed by atoms with Crippen LogP contribution in [0, 0.1) is 11.8 Å². The van der Waals surface area contributed by atoms with Gasteiger partial charge in [-0.15, -0.1) is 0 Å². The van der Waals surface area contributed by atoms with Crippen LogP contribution in [0.4, 0.5) is 0 Å². The van der Waals surface area contributed by atoms with E-state index in [2.05, 4.69) is 0 Å². The Morgan fingerprint density at radius 3 is 2.56 bits per heavy atom. The second kappa shape index (κ2) is 4.88. The first-order valence-corrected chi connectivity index (χ1v) is 6.55. The van der Waals surface area contributed by atoms with Crippen LogP contribution in [0.25, 0.3) is 0 Å². The molecule has 2 aliphatic rings. The molecule has 1 aliphatic carbocycles. The topological polar surface area (TPSA) is 66.8 Å². The van der Waals surface area contributed by atoms with Gasteiger partial charge in [0.25, 0.3) is 0 Å². The summed E-state index contributed by atoms with van der Waals surface area (Å²) in [6.07, 6.45) is 2.15. The summed E-state index contributed by atoms with van der Waals surface area (Å²) < 4.78 is 5.39. The highest BCUT2D eigenvalue weighted by atomic mass is 16.5. The fraction of sp³-hybridized carbons (Fsp3) is 0.846. The average molecular weight is 255 g/mol. The van der Waals surface area contributed by atoms with Crippen LogP contribution in [-0.2, 0) is 14.3 Å². The smallest absolute Gasteiger partial charge is 0.307 e. The fourth-order valence-electron chi connectivity index (χ4n) is 3.02. The molecule has 5 heteroatoms. The van der Waals surface area contributed by atoms with Crippen LogP contribution in [0.2, 0.25) is 0 Å². The molecule has 0 aromatic carbocycles. The lowest BCUT2D eigenvalue weighted by atomic mass is 9.92. The molecule has 2 rings (SSSR count). The number of carboxylic acid groups (broad SMARTS) is 1. The molecule has 1 heterocycles. The van der Waals surface area contributed by atoms with E-state index in [1.54, 1.807) is 0 Å². The predicted octanol–water partition coefficient (Wildman–Crippen LogP) is 1.12. The third-order valence-corrected chi connectivity index (χ3v) is 4.06. The maximum Gasteiger partial charge on any atom is 0.307 e. The molecule has 2 atom stereocenters. The van der Waals surface area contributed by atoms with Gasteiger partial charge in [0.2, 0.25) is 5.91 Å². The van der Waals surface area contributed by atoms with Crippen molar-refractivity contribution in [3.8, 4) is 0 Å². The van der Waals surface area contributed by atoms with Crippen molar-refractivity contribution in [2.75, 3.05) is 19.8 Å². The fourth-order valence-corrected chi connectivity index (χ4v) is 3.02. The zero-order chi connectivity index (χ0) is 13.3. The van der Waals surface area contributed by atoms with Gasteiger partial charge < -0.3 is 14.7 Å². The maximum atomic E-state index is 12.5. The number of hydrogen-bond acceptors (Lipinski definition) is 3. The number of ether oxygens (including phenoxy) is 1. The van der Waals surface area contributed by atoms with Gasteiger partial charge in [0.15, 0.2) is 0 Å². The largest absolute Gasteiger partial charge is 0.481 e. The molecule has 0 bridgehead atoms. The molecule has 1 saturated heterocycles. The summed E-state index contributed by atoms with van der Waals surface area (Å²) in [6.45, 7) is 5.56. The van der Waals surface area contributed by atoms with Crippen LogP contribution in [0.15, 0.2) is 0 Å². The molecule has 2 fully saturated rings. The number of amides is 1. The number of rotatable bonds is 2. The van der Waals surface area contributed by atoms with Crippen molar-refractivity contribution in [3.05, 3.63) is 0 Å². The standard InChI is InChI=1S/C13H21NO4/c1-13(2)8-18-7-6-14(13)11(15)9-4-3-5-10(9)12(16)17/h9-10H,3-8H2,1-2H3,(H,16,17)/t9-,10+/m1/s1. The molecule has 0 spiro atoms. The summed E-state index contributed by atoms with van der Waals surface area (Å²) in [5.41, 5.74) is -0.332. The molecule has 1 N–H and O–H groups in total. The lowest BCUT2D eigenvalue weighted by molar-refractivity contribution is -0.157. The van der Waals surface area contributed by atoms with Crippen LogP contribution in [0.3, 0.4) is 0 Å². The summed E-state index contributed by atoms with van der Waals surface area (Å²) in [5, 5.41) is 9.17. The van der Waals surface area contributed by atoms with Crippen molar-refractivity contribution in [1.29, 1.82) is 0 Å². The van der Waals surface area contributed by atoms with Gasteiger partial charge in [-0.05, 0) is 26.7 Å². The molecule has 5 nitrogen and oxygen atoms in total. The summed E-state index contributed by atoms with van der Waals surface area (Å²) in [4.78, 5) is 25.5. The molecule has 0 radical (unpaired) electrons. The van der Waals surface area contributed by atoms with Crippen molar-refractivity contribution < 1.29 is 19.4 Å². The van der Waals surface area contributed by atoms with E-state index in [4.69, 9.17) is 9.84 Å². The number of carboxylic acids is 1. The Hall–Kier alpha value is -1.10. The highest BCUT2D eigenvalue weighted by Crippen LogP contribution is 2.35. The quantitative estimate of drug-likeness (QED) is 0.803. The Balaban J connectivity index is 2.12. The number of hydrogen-bond donors (Lipinski definition) is 1. The van der Waals surface area contributed by atoms with Gasteiger partial charge in [-0.25, -0.2) is 0 Å². The second-order valence-corrected chi connectivity index (χ2v) is 5.84. The lowest BCUT2D eigenvalue weighted by Gasteiger charge is -2.43. The molecule has 0 unspecified atom stereocenters. The predicted molar refractivity (Wildman–Crippen MR) is 65.1 cm³/mol. The summed E-state index contributed by atoms with van der Waals surface area (Å²) in [5.74, 6) is -1.69. The molecule has 18 heavy (non-hydrogen) atoms. The Morgan fingerprint density at radius 2 is 1.94 bits per heavy atom. The number of aliphatic carboxylic acids is 1. The highest BCUT2D eigenvalue weighted by Gasteiger charge is 2.43. The SMILES string of the molecule is CC1(C)COCCN1C(=O)[C@@H]1CCC[C@@H]1C(=O)O.